The van der Waals surface area contributed by atoms with Crippen LogP contribution < -0.4 is 5.43 Å². The molecule has 0 saturated carbocycles. The Morgan fingerprint density at radius 1 is 1.40 bits per heavy atom. The maximum absolute atomic E-state index is 12.3. The van der Waals surface area contributed by atoms with Crippen molar-refractivity contribution in [2.24, 2.45) is 5.92 Å². The first-order valence-electron chi connectivity index (χ1n) is 6.00. The molecule has 0 radical (unpaired) electrons. The number of nitrogens with zero attached hydrogens (tertiary/aromatic N) is 1. The van der Waals surface area contributed by atoms with Crippen LogP contribution in [0.3, 0.4) is 0 Å². The Hall–Kier alpha value is -2.02. The summed E-state index contributed by atoms with van der Waals surface area (Å²) in [5.74, 6) is -1.95. The van der Waals surface area contributed by atoms with Crippen LogP contribution in [-0.4, -0.2) is 36.4 Å². The SMILES string of the molecule is COC(=O)C1CC(=O)NN(C(=O)c2ccccc2S)C1. The molecule has 1 fully saturated rings. The van der Waals surface area contributed by atoms with Crippen LogP contribution in [0.15, 0.2) is 29.2 Å². The predicted octanol–water partition coefficient (Wildman–Crippen LogP) is 0.642. The second-order valence-corrected chi connectivity index (χ2v) is 4.87. The van der Waals surface area contributed by atoms with Crippen LogP contribution in [0.25, 0.3) is 0 Å². The topological polar surface area (TPSA) is 75.7 Å². The van der Waals surface area contributed by atoms with Crippen molar-refractivity contribution in [3.8, 4) is 0 Å². The Morgan fingerprint density at radius 3 is 2.75 bits per heavy atom. The summed E-state index contributed by atoms with van der Waals surface area (Å²) in [6.07, 6.45) is 0.0129. The Kier molecular flexibility index (Phi) is 4.29. The van der Waals surface area contributed by atoms with Crippen LogP contribution in [0.4, 0.5) is 0 Å². The van der Waals surface area contributed by atoms with Crippen molar-refractivity contribution in [2.45, 2.75) is 11.3 Å². The fourth-order valence-electron chi connectivity index (χ4n) is 2.01. The maximum Gasteiger partial charge on any atom is 0.311 e. The molecule has 1 saturated heterocycles. The summed E-state index contributed by atoms with van der Waals surface area (Å²) in [6.45, 7) is 0.0827. The highest BCUT2D eigenvalue weighted by Gasteiger charge is 2.34. The third-order valence-corrected chi connectivity index (χ3v) is 3.40. The van der Waals surface area contributed by atoms with Crippen LogP contribution in [0.1, 0.15) is 16.8 Å². The third kappa shape index (κ3) is 2.93. The molecule has 20 heavy (non-hydrogen) atoms. The molecule has 1 aliphatic heterocycles. The van der Waals surface area contributed by atoms with E-state index in [4.69, 9.17) is 0 Å². The summed E-state index contributed by atoms with van der Waals surface area (Å²) < 4.78 is 4.62. The van der Waals surface area contributed by atoms with E-state index in [1.807, 2.05) is 0 Å². The van der Waals surface area contributed by atoms with Gasteiger partial charge in [-0.05, 0) is 12.1 Å². The molecule has 0 aromatic heterocycles. The smallest absolute Gasteiger partial charge is 0.311 e. The minimum absolute atomic E-state index is 0.0129. The molecular formula is C13H14N2O4S. The van der Waals surface area contributed by atoms with Crippen LogP contribution in [-0.2, 0) is 14.3 Å². The maximum atomic E-state index is 12.3. The first-order valence-corrected chi connectivity index (χ1v) is 6.45. The van der Waals surface area contributed by atoms with E-state index in [1.54, 1.807) is 24.3 Å². The Balaban J connectivity index is 2.19. The van der Waals surface area contributed by atoms with Gasteiger partial charge in [-0.1, -0.05) is 12.1 Å². The zero-order chi connectivity index (χ0) is 14.7. The Morgan fingerprint density at radius 2 is 2.10 bits per heavy atom. The lowest BCUT2D eigenvalue weighted by Crippen LogP contribution is -2.54. The number of rotatable bonds is 2. The molecule has 7 heteroatoms. The van der Waals surface area contributed by atoms with Gasteiger partial charge in [-0.25, -0.2) is 5.01 Å². The van der Waals surface area contributed by atoms with Gasteiger partial charge in [0.2, 0.25) is 5.91 Å². The summed E-state index contributed by atoms with van der Waals surface area (Å²) in [5.41, 5.74) is 2.82. The average molecular weight is 294 g/mol. The number of hydrazine groups is 1. The summed E-state index contributed by atoms with van der Waals surface area (Å²) in [6, 6.07) is 6.75. The molecular weight excluding hydrogens is 280 g/mol. The summed E-state index contributed by atoms with van der Waals surface area (Å²) >= 11 is 4.21. The molecule has 1 aliphatic rings. The molecule has 1 atom stereocenters. The number of methoxy groups -OCH3 is 1. The number of ether oxygens (including phenoxy) is 1. The van der Waals surface area contributed by atoms with E-state index in [2.05, 4.69) is 22.8 Å². The Labute approximate surface area is 121 Å². The van der Waals surface area contributed by atoms with E-state index in [1.165, 1.54) is 7.11 Å². The quantitative estimate of drug-likeness (QED) is 0.620. The minimum atomic E-state index is -0.648. The minimum Gasteiger partial charge on any atom is -0.469 e. The third-order valence-electron chi connectivity index (χ3n) is 3.01. The second kappa shape index (κ2) is 5.96. The van der Waals surface area contributed by atoms with E-state index in [0.717, 1.165) is 5.01 Å². The highest BCUT2D eigenvalue weighted by molar-refractivity contribution is 7.80. The number of amides is 2. The summed E-state index contributed by atoms with van der Waals surface area (Å²) in [7, 11) is 1.25. The highest BCUT2D eigenvalue weighted by atomic mass is 32.1. The number of benzene rings is 1. The van der Waals surface area contributed by atoms with Crippen molar-refractivity contribution in [2.75, 3.05) is 13.7 Å². The van der Waals surface area contributed by atoms with Gasteiger partial charge in [0.1, 0.15) is 0 Å². The number of esters is 1. The lowest BCUT2D eigenvalue weighted by molar-refractivity contribution is -0.151. The van der Waals surface area contributed by atoms with Gasteiger partial charge in [0.25, 0.3) is 5.91 Å². The van der Waals surface area contributed by atoms with Crippen molar-refractivity contribution in [1.82, 2.24) is 10.4 Å². The number of nitrogens with one attached hydrogen (secondary N) is 1. The zero-order valence-electron chi connectivity index (χ0n) is 10.8. The average Bonchev–Trinajstić information content (AvgIpc) is 2.45. The molecule has 1 aromatic carbocycles. The fourth-order valence-corrected chi connectivity index (χ4v) is 2.26. The fraction of sp³-hybridized carbons (Fsp3) is 0.308. The van der Waals surface area contributed by atoms with Gasteiger partial charge in [-0.15, -0.1) is 12.6 Å². The van der Waals surface area contributed by atoms with E-state index >= 15 is 0 Å². The summed E-state index contributed by atoms with van der Waals surface area (Å²) in [4.78, 5) is 36.0. The number of carbonyl (C=O) groups is 3. The molecule has 2 amide bonds. The number of thiol groups is 1. The van der Waals surface area contributed by atoms with Crippen molar-refractivity contribution in [1.29, 1.82) is 0 Å². The summed E-state index contributed by atoms with van der Waals surface area (Å²) in [5, 5.41) is 1.13. The van der Waals surface area contributed by atoms with Gasteiger partial charge in [-0.3, -0.25) is 19.8 Å². The molecule has 1 N–H and O–H groups in total. The molecule has 0 aliphatic carbocycles. The van der Waals surface area contributed by atoms with Gasteiger partial charge < -0.3 is 4.74 Å². The van der Waals surface area contributed by atoms with Crippen molar-refractivity contribution < 1.29 is 19.1 Å². The van der Waals surface area contributed by atoms with Crippen LogP contribution in [0.5, 0.6) is 0 Å². The van der Waals surface area contributed by atoms with Crippen LogP contribution in [0.2, 0.25) is 0 Å². The highest BCUT2D eigenvalue weighted by Crippen LogP contribution is 2.18. The lowest BCUT2D eigenvalue weighted by Gasteiger charge is -2.31. The van der Waals surface area contributed by atoms with Crippen LogP contribution in [0, 0.1) is 5.92 Å². The van der Waals surface area contributed by atoms with Crippen molar-refractivity contribution in [3.63, 3.8) is 0 Å². The lowest BCUT2D eigenvalue weighted by atomic mass is 10.0. The number of carbonyl (C=O) groups excluding carboxylic acids is 3. The van der Waals surface area contributed by atoms with Crippen LogP contribution >= 0.6 is 12.6 Å². The molecule has 1 heterocycles. The monoisotopic (exact) mass is 294 g/mol. The second-order valence-electron chi connectivity index (χ2n) is 4.39. The van der Waals surface area contributed by atoms with Gasteiger partial charge >= 0.3 is 5.97 Å². The van der Waals surface area contributed by atoms with Gasteiger partial charge in [0.15, 0.2) is 0 Å². The number of hydrogen-bond donors (Lipinski definition) is 2. The Bertz CT molecular complexity index is 561. The molecule has 1 aromatic rings. The first kappa shape index (κ1) is 14.4. The predicted molar refractivity (Wildman–Crippen MR) is 73.0 cm³/mol. The largest absolute Gasteiger partial charge is 0.469 e. The zero-order valence-corrected chi connectivity index (χ0v) is 11.7. The van der Waals surface area contributed by atoms with Crippen molar-refractivity contribution >= 4 is 30.4 Å². The first-order chi connectivity index (χ1) is 9.52. The van der Waals surface area contributed by atoms with Gasteiger partial charge in [-0.2, -0.15) is 0 Å². The standard InChI is InChI=1S/C13H14N2O4S/c1-19-13(18)8-6-11(16)14-15(7-8)12(17)9-4-2-3-5-10(9)20/h2-5,8,20H,6-7H2,1H3,(H,14,16). The molecule has 1 unspecified atom stereocenters. The van der Waals surface area contributed by atoms with E-state index in [0.29, 0.717) is 10.5 Å². The van der Waals surface area contributed by atoms with Gasteiger partial charge in [0, 0.05) is 11.3 Å². The van der Waals surface area contributed by atoms with Gasteiger partial charge in [0.05, 0.1) is 25.1 Å². The molecule has 0 spiro atoms. The van der Waals surface area contributed by atoms with E-state index in [-0.39, 0.29) is 13.0 Å². The molecule has 6 nitrogen and oxygen atoms in total. The van der Waals surface area contributed by atoms with Crippen molar-refractivity contribution in [3.05, 3.63) is 29.8 Å². The van der Waals surface area contributed by atoms with E-state index in [9.17, 15) is 14.4 Å². The molecule has 106 valence electrons. The normalized spacial score (nSPS) is 18.4. The molecule has 0 bridgehead atoms. The van der Waals surface area contributed by atoms with E-state index < -0.39 is 23.7 Å². The number of hydrogen-bond acceptors (Lipinski definition) is 5. The molecule has 2 rings (SSSR count).